The standard InChI is InChI=1S/C22H22ClN3O7S2/c1-2-14-16(26-8-9-32-12-21(26)27)4-3-5-19(14)35(30,31)25-15(22(28)29)10-13-11-17(33-24-13)18-6-7-20(23)34-18/h3-7,11,15,25H,2,8-10,12H2,1H3,(H,28,29)/t15-/m0/s1. The number of nitrogens with one attached hydrogen (secondary N) is 1. The van der Waals surface area contributed by atoms with Gasteiger partial charge in [0.05, 0.1) is 26.4 Å². The van der Waals surface area contributed by atoms with Crippen molar-refractivity contribution >= 4 is 50.5 Å². The van der Waals surface area contributed by atoms with E-state index in [2.05, 4.69) is 9.88 Å². The lowest BCUT2D eigenvalue weighted by Gasteiger charge is -2.29. The molecule has 35 heavy (non-hydrogen) atoms. The molecular weight excluding hydrogens is 518 g/mol. The van der Waals surface area contributed by atoms with E-state index in [1.165, 1.54) is 28.4 Å². The zero-order valence-electron chi connectivity index (χ0n) is 18.6. The smallest absolute Gasteiger partial charge is 0.322 e. The number of sulfonamides is 1. The molecule has 10 nitrogen and oxygen atoms in total. The number of anilines is 1. The molecule has 0 unspecified atom stereocenters. The van der Waals surface area contributed by atoms with E-state index in [1.807, 2.05) is 0 Å². The summed E-state index contributed by atoms with van der Waals surface area (Å²) in [4.78, 5) is 26.4. The van der Waals surface area contributed by atoms with Crippen molar-refractivity contribution in [1.29, 1.82) is 0 Å². The van der Waals surface area contributed by atoms with Crippen LogP contribution in [0.2, 0.25) is 4.34 Å². The number of carbonyl (C=O) groups is 2. The number of thiophene rings is 1. The Labute approximate surface area is 210 Å². The highest BCUT2D eigenvalue weighted by Crippen LogP contribution is 2.32. The number of aliphatic carboxylic acids is 1. The van der Waals surface area contributed by atoms with E-state index >= 15 is 0 Å². The third-order valence-electron chi connectivity index (χ3n) is 5.41. The monoisotopic (exact) mass is 539 g/mol. The number of morpholine rings is 1. The number of carbonyl (C=O) groups excluding carboxylic acids is 1. The van der Waals surface area contributed by atoms with E-state index in [0.717, 1.165) is 0 Å². The molecule has 13 heteroatoms. The Kier molecular flexibility index (Phi) is 7.57. The van der Waals surface area contributed by atoms with Gasteiger partial charge in [0, 0.05) is 24.7 Å². The highest BCUT2D eigenvalue weighted by Gasteiger charge is 2.31. The Balaban J connectivity index is 1.59. The zero-order valence-corrected chi connectivity index (χ0v) is 21.0. The van der Waals surface area contributed by atoms with E-state index in [0.29, 0.717) is 45.8 Å². The van der Waals surface area contributed by atoms with Crippen molar-refractivity contribution in [3.05, 3.63) is 52.0 Å². The molecule has 1 saturated heterocycles. The van der Waals surface area contributed by atoms with Gasteiger partial charge in [0.15, 0.2) is 5.76 Å². The van der Waals surface area contributed by atoms with Gasteiger partial charge in [-0.3, -0.25) is 9.59 Å². The summed E-state index contributed by atoms with van der Waals surface area (Å²) in [6.45, 7) is 2.31. The summed E-state index contributed by atoms with van der Waals surface area (Å²) in [5.41, 5.74) is 1.15. The first-order valence-electron chi connectivity index (χ1n) is 10.7. The second-order valence-corrected chi connectivity index (χ2v) is 11.1. The molecule has 1 amide bonds. The number of aromatic nitrogens is 1. The predicted octanol–water partition coefficient (Wildman–Crippen LogP) is 2.96. The molecule has 1 aliphatic heterocycles. The summed E-state index contributed by atoms with van der Waals surface area (Å²) < 4.78 is 39.9. The molecule has 1 fully saturated rings. The van der Waals surface area contributed by atoms with Crippen LogP contribution in [0.5, 0.6) is 0 Å². The maximum Gasteiger partial charge on any atom is 0.322 e. The molecule has 186 valence electrons. The fourth-order valence-electron chi connectivity index (χ4n) is 3.80. The van der Waals surface area contributed by atoms with Crippen LogP contribution >= 0.6 is 22.9 Å². The highest BCUT2D eigenvalue weighted by atomic mass is 35.5. The van der Waals surface area contributed by atoms with Crippen molar-refractivity contribution in [3.63, 3.8) is 0 Å². The zero-order chi connectivity index (χ0) is 25.2. The highest BCUT2D eigenvalue weighted by molar-refractivity contribution is 7.89. The van der Waals surface area contributed by atoms with Crippen molar-refractivity contribution in [2.45, 2.75) is 30.7 Å². The van der Waals surface area contributed by atoms with Crippen molar-refractivity contribution in [1.82, 2.24) is 9.88 Å². The van der Waals surface area contributed by atoms with Crippen molar-refractivity contribution in [2.24, 2.45) is 0 Å². The van der Waals surface area contributed by atoms with Gasteiger partial charge in [-0.2, -0.15) is 4.72 Å². The third kappa shape index (κ3) is 5.57. The average Bonchev–Trinajstić information content (AvgIpc) is 3.47. The molecule has 1 atom stereocenters. The summed E-state index contributed by atoms with van der Waals surface area (Å²) in [7, 11) is -4.26. The normalized spacial score (nSPS) is 15.4. The first kappa shape index (κ1) is 25.3. The average molecular weight is 540 g/mol. The number of amides is 1. The molecule has 1 aliphatic rings. The minimum absolute atomic E-state index is 0.0860. The summed E-state index contributed by atoms with van der Waals surface area (Å²) >= 11 is 7.21. The number of ether oxygens (including phenoxy) is 1. The molecule has 3 heterocycles. The van der Waals surface area contributed by atoms with Gasteiger partial charge in [0.1, 0.15) is 12.6 Å². The molecule has 0 bridgehead atoms. The van der Waals surface area contributed by atoms with Crippen LogP contribution in [0.4, 0.5) is 5.69 Å². The molecule has 2 N–H and O–H groups in total. The molecule has 1 aromatic carbocycles. The Morgan fingerprint density at radius 1 is 1.34 bits per heavy atom. The van der Waals surface area contributed by atoms with Crippen LogP contribution in [0.15, 0.2) is 45.8 Å². The molecule has 2 aromatic heterocycles. The lowest BCUT2D eigenvalue weighted by molar-refractivity contribution is -0.139. The summed E-state index contributed by atoms with van der Waals surface area (Å²) in [5.74, 6) is -1.24. The topological polar surface area (TPSA) is 139 Å². The van der Waals surface area contributed by atoms with Gasteiger partial charge in [-0.05, 0) is 36.2 Å². The maximum absolute atomic E-state index is 13.3. The number of carboxylic acids is 1. The van der Waals surface area contributed by atoms with E-state index in [4.69, 9.17) is 20.9 Å². The van der Waals surface area contributed by atoms with E-state index in [-0.39, 0.29) is 29.5 Å². The van der Waals surface area contributed by atoms with Crippen LogP contribution in [0, 0.1) is 0 Å². The molecule has 0 aliphatic carbocycles. The van der Waals surface area contributed by atoms with E-state index < -0.39 is 22.0 Å². The number of benzene rings is 1. The molecule has 3 aromatic rings. The number of nitrogens with zero attached hydrogens (tertiary/aromatic N) is 2. The van der Waals surface area contributed by atoms with Gasteiger partial charge in [0.25, 0.3) is 5.91 Å². The minimum Gasteiger partial charge on any atom is -0.480 e. The van der Waals surface area contributed by atoms with Gasteiger partial charge in [0.2, 0.25) is 10.0 Å². The fourth-order valence-corrected chi connectivity index (χ4v) is 6.31. The Bertz CT molecular complexity index is 1350. The minimum atomic E-state index is -4.26. The van der Waals surface area contributed by atoms with Gasteiger partial charge >= 0.3 is 5.97 Å². The lowest BCUT2D eigenvalue weighted by Crippen LogP contribution is -2.43. The summed E-state index contributed by atoms with van der Waals surface area (Å²) in [6.07, 6.45) is 0.0745. The first-order valence-corrected chi connectivity index (χ1v) is 13.3. The molecular formula is C22H22ClN3O7S2. The fraction of sp³-hybridized carbons (Fsp3) is 0.318. The number of hydrogen-bond donors (Lipinski definition) is 2. The molecule has 0 saturated carbocycles. The predicted molar refractivity (Wildman–Crippen MR) is 129 cm³/mol. The number of carboxylic acid groups (broad SMARTS) is 1. The SMILES string of the molecule is CCc1c(N2CCOCC2=O)cccc1S(=O)(=O)N[C@@H](Cc1cc(-c2ccc(Cl)s2)on1)C(=O)O. The summed E-state index contributed by atoms with van der Waals surface area (Å²) in [6, 6.07) is 8.08. The Morgan fingerprint density at radius 2 is 2.14 bits per heavy atom. The second kappa shape index (κ2) is 10.5. The number of rotatable bonds is 9. The van der Waals surface area contributed by atoms with Gasteiger partial charge in [-0.1, -0.05) is 29.7 Å². The van der Waals surface area contributed by atoms with Crippen LogP contribution in [-0.4, -0.2) is 56.4 Å². The van der Waals surface area contributed by atoms with E-state index in [9.17, 15) is 23.1 Å². The van der Waals surface area contributed by atoms with Crippen LogP contribution in [-0.2, 0) is 37.2 Å². The third-order valence-corrected chi connectivity index (χ3v) is 8.21. The van der Waals surface area contributed by atoms with E-state index in [1.54, 1.807) is 31.2 Å². The Hall–Kier alpha value is -2.77. The summed E-state index contributed by atoms with van der Waals surface area (Å²) in [5, 5.41) is 13.6. The van der Waals surface area contributed by atoms with Gasteiger partial charge in [-0.25, -0.2) is 8.42 Å². The van der Waals surface area contributed by atoms with Crippen LogP contribution in [0.3, 0.4) is 0 Å². The first-order chi connectivity index (χ1) is 16.7. The van der Waals surface area contributed by atoms with Crippen LogP contribution < -0.4 is 9.62 Å². The lowest BCUT2D eigenvalue weighted by atomic mass is 10.1. The van der Waals surface area contributed by atoms with Crippen molar-refractivity contribution < 1.29 is 32.4 Å². The maximum atomic E-state index is 13.3. The molecule has 0 radical (unpaired) electrons. The van der Waals surface area contributed by atoms with Crippen LogP contribution in [0.25, 0.3) is 10.6 Å². The number of halogens is 1. The van der Waals surface area contributed by atoms with Crippen molar-refractivity contribution in [2.75, 3.05) is 24.7 Å². The second-order valence-electron chi connectivity index (χ2n) is 7.71. The quantitative estimate of drug-likeness (QED) is 0.423. The number of hydrogen-bond acceptors (Lipinski definition) is 8. The van der Waals surface area contributed by atoms with Crippen LogP contribution in [0.1, 0.15) is 18.2 Å². The van der Waals surface area contributed by atoms with Gasteiger partial charge in [-0.15, -0.1) is 11.3 Å². The van der Waals surface area contributed by atoms with Gasteiger partial charge < -0.3 is 19.3 Å². The largest absolute Gasteiger partial charge is 0.480 e. The molecule has 4 rings (SSSR count). The van der Waals surface area contributed by atoms with Crippen molar-refractivity contribution in [3.8, 4) is 10.6 Å². The molecule has 0 spiro atoms. The Morgan fingerprint density at radius 3 is 2.80 bits per heavy atom.